The Morgan fingerprint density at radius 3 is 2.96 bits per heavy atom. The van der Waals surface area contributed by atoms with Crippen molar-refractivity contribution in [3.63, 3.8) is 0 Å². The SMILES string of the molecule is COc1ccc2nc(NC(=O)Cn3nc(-c4ccco4)ccc3=O)sc2c1. The summed E-state index contributed by atoms with van der Waals surface area (Å²) in [6.45, 7) is -0.230. The Balaban J connectivity index is 1.53. The van der Waals surface area contributed by atoms with Crippen LogP contribution in [0.25, 0.3) is 21.7 Å². The Hall–Kier alpha value is -3.46. The average Bonchev–Trinajstić information content (AvgIpc) is 3.32. The Kier molecular flexibility index (Phi) is 4.43. The molecule has 0 aliphatic carbocycles. The zero-order valence-corrected chi connectivity index (χ0v) is 15.0. The number of aromatic nitrogens is 3. The van der Waals surface area contributed by atoms with E-state index in [1.807, 2.05) is 12.1 Å². The Morgan fingerprint density at radius 1 is 1.30 bits per heavy atom. The number of hydrogen-bond acceptors (Lipinski definition) is 7. The molecular formula is C18H14N4O4S. The number of ether oxygens (including phenoxy) is 1. The molecule has 0 saturated carbocycles. The van der Waals surface area contributed by atoms with Crippen LogP contribution in [0.5, 0.6) is 5.75 Å². The number of nitrogens with zero attached hydrogens (tertiary/aromatic N) is 3. The molecule has 3 heterocycles. The van der Waals surface area contributed by atoms with Gasteiger partial charge in [-0.25, -0.2) is 9.67 Å². The topological polar surface area (TPSA) is 99.2 Å². The van der Waals surface area contributed by atoms with Crippen LogP contribution >= 0.6 is 11.3 Å². The highest BCUT2D eigenvalue weighted by Crippen LogP contribution is 2.29. The molecule has 0 unspecified atom stereocenters. The second-order valence-corrected chi connectivity index (χ2v) is 6.62. The van der Waals surface area contributed by atoms with Crippen LogP contribution in [0.4, 0.5) is 5.13 Å². The Labute approximate surface area is 157 Å². The summed E-state index contributed by atoms with van der Waals surface area (Å²) in [6.07, 6.45) is 1.52. The summed E-state index contributed by atoms with van der Waals surface area (Å²) in [5, 5.41) is 7.32. The fourth-order valence-corrected chi connectivity index (χ4v) is 3.41. The minimum absolute atomic E-state index is 0.230. The van der Waals surface area contributed by atoms with Crippen molar-refractivity contribution < 1.29 is 13.9 Å². The average molecular weight is 382 g/mol. The molecule has 136 valence electrons. The fraction of sp³-hybridized carbons (Fsp3) is 0.111. The molecule has 1 amide bonds. The lowest BCUT2D eigenvalue weighted by atomic mass is 10.3. The van der Waals surface area contributed by atoms with Gasteiger partial charge in [0, 0.05) is 6.07 Å². The zero-order valence-electron chi connectivity index (χ0n) is 14.2. The lowest BCUT2D eigenvalue weighted by molar-refractivity contribution is -0.117. The van der Waals surface area contributed by atoms with Gasteiger partial charge >= 0.3 is 0 Å². The molecule has 0 fully saturated rings. The second-order valence-electron chi connectivity index (χ2n) is 5.59. The molecule has 0 atom stereocenters. The van der Waals surface area contributed by atoms with E-state index >= 15 is 0 Å². The first-order chi connectivity index (χ1) is 13.1. The molecule has 0 radical (unpaired) electrons. The molecule has 0 aliphatic rings. The standard InChI is InChI=1S/C18H14N4O4S/c1-25-11-4-5-13-15(9-11)27-18(19-13)20-16(23)10-22-17(24)7-6-12(21-22)14-3-2-8-26-14/h2-9H,10H2,1H3,(H,19,20,23). The second kappa shape index (κ2) is 7.04. The summed E-state index contributed by atoms with van der Waals surface area (Å²) >= 11 is 1.33. The van der Waals surface area contributed by atoms with Crippen LogP contribution in [0.2, 0.25) is 0 Å². The van der Waals surface area contributed by atoms with E-state index in [1.165, 1.54) is 23.7 Å². The van der Waals surface area contributed by atoms with Gasteiger partial charge in [0.2, 0.25) is 5.91 Å². The monoisotopic (exact) mass is 382 g/mol. The predicted octanol–water partition coefficient (Wildman–Crippen LogP) is 2.76. The molecule has 1 aromatic carbocycles. The van der Waals surface area contributed by atoms with Gasteiger partial charge in [0.15, 0.2) is 10.9 Å². The van der Waals surface area contributed by atoms with Crippen molar-refractivity contribution in [2.45, 2.75) is 6.54 Å². The molecule has 9 heteroatoms. The first-order valence-electron chi connectivity index (χ1n) is 7.99. The van der Waals surface area contributed by atoms with E-state index in [2.05, 4.69) is 15.4 Å². The van der Waals surface area contributed by atoms with Gasteiger partial charge in [-0.1, -0.05) is 11.3 Å². The highest BCUT2D eigenvalue weighted by atomic mass is 32.1. The molecule has 8 nitrogen and oxygen atoms in total. The van der Waals surface area contributed by atoms with Crippen LogP contribution in [-0.2, 0) is 11.3 Å². The summed E-state index contributed by atoms with van der Waals surface area (Å²) in [6, 6.07) is 11.8. The van der Waals surface area contributed by atoms with Crippen molar-refractivity contribution in [2.24, 2.45) is 0 Å². The minimum atomic E-state index is -0.396. The molecular weight excluding hydrogens is 368 g/mol. The highest BCUT2D eigenvalue weighted by Gasteiger charge is 2.12. The van der Waals surface area contributed by atoms with Crippen molar-refractivity contribution in [1.82, 2.24) is 14.8 Å². The molecule has 0 saturated heterocycles. The molecule has 4 rings (SSSR count). The van der Waals surface area contributed by atoms with Crippen molar-refractivity contribution in [3.05, 3.63) is 59.1 Å². The van der Waals surface area contributed by atoms with E-state index in [-0.39, 0.29) is 12.1 Å². The van der Waals surface area contributed by atoms with E-state index in [0.717, 1.165) is 20.6 Å². The number of benzene rings is 1. The summed E-state index contributed by atoms with van der Waals surface area (Å²) in [7, 11) is 1.59. The number of fused-ring (bicyclic) bond motifs is 1. The molecule has 0 spiro atoms. The van der Waals surface area contributed by atoms with Gasteiger partial charge in [-0.05, 0) is 36.4 Å². The van der Waals surface area contributed by atoms with Crippen molar-refractivity contribution in [1.29, 1.82) is 0 Å². The predicted molar refractivity (Wildman–Crippen MR) is 101 cm³/mol. The Bertz CT molecular complexity index is 1160. The van der Waals surface area contributed by atoms with Crippen LogP contribution < -0.4 is 15.6 Å². The molecule has 27 heavy (non-hydrogen) atoms. The minimum Gasteiger partial charge on any atom is -0.497 e. The number of hydrogen-bond donors (Lipinski definition) is 1. The van der Waals surface area contributed by atoms with Crippen molar-refractivity contribution >= 4 is 32.6 Å². The maximum Gasteiger partial charge on any atom is 0.267 e. The molecule has 0 aliphatic heterocycles. The van der Waals surface area contributed by atoms with E-state index in [1.54, 1.807) is 31.4 Å². The fourth-order valence-electron chi connectivity index (χ4n) is 2.50. The number of methoxy groups -OCH3 is 1. The third-order valence-electron chi connectivity index (χ3n) is 3.78. The Morgan fingerprint density at radius 2 is 2.19 bits per heavy atom. The van der Waals surface area contributed by atoms with Crippen molar-refractivity contribution in [3.8, 4) is 17.2 Å². The van der Waals surface area contributed by atoms with Gasteiger partial charge in [-0.15, -0.1) is 0 Å². The molecule has 3 aromatic heterocycles. The van der Waals surface area contributed by atoms with E-state index in [0.29, 0.717) is 16.6 Å². The summed E-state index contributed by atoms with van der Waals surface area (Å²) in [5.41, 5.74) is 0.847. The zero-order chi connectivity index (χ0) is 18.8. The summed E-state index contributed by atoms with van der Waals surface area (Å²) in [5.74, 6) is 0.839. The highest BCUT2D eigenvalue weighted by molar-refractivity contribution is 7.22. The van der Waals surface area contributed by atoms with Gasteiger partial charge in [0.1, 0.15) is 18.0 Å². The first-order valence-corrected chi connectivity index (χ1v) is 8.80. The van der Waals surface area contributed by atoms with Crippen molar-refractivity contribution in [2.75, 3.05) is 12.4 Å². The maximum absolute atomic E-state index is 12.3. The largest absolute Gasteiger partial charge is 0.497 e. The van der Waals surface area contributed by atoms with Crippen LogP contribution in [0.15, 0.2) is 57.9 Å². The summed E-state index contributed by atoms with van der Waals surface area (Å²) in [4.78, 5) is 28.7. The number of carbonyl (C=O) groups excluding carboxylic acids is 1. The van der Waals surface area contributed by atoms with E-state index < -0.39 is 5.91 Å². The summed E-state index contributed by atoms with van der Waals surface area (Å²) < 4.78 is 12.4. The number of furan rings is 1. The number of carbonyl (C=O) groups is 1. The normalized spacial score (nSPS) is 10.9. The van der Waals surface area contributed by atoms with Crippen LogP contribution in [-0.4, -0.2) is 27.8 Å². The smallest absolute Gasteiger partial charge is 0.267 e. The van der Waals surface area contributed by atoms with Crippen LogP contribution in [0.1, 0.15) is 0 Å². The van der Waals surface area contributed by atoms with Gasteiger partial charge in [0.25, 0.3) is 5.56 Å². The number of amides is 1. The maximum atomic E-state index is 12.3. The molecule has 4 aromatic rings. The van der Waals surface area contributed by atoms with E-state index in [9.17, 15) is 9.59 Å². The van der Waals surface area contributed by atoms with Gasteiger partial charge in [-0.2, -0.15) is 5.10 Å². The van der Waals surface area contributed by atoms with Crippen LogP contribution in [0, 0.1) is 0 Å². The quantitative estimate of drug-likeness (QED) is 0.570. The lowest BCUT2D eigenvalue weighted by Gasteiger charge is -2.05. The number of anilines is 1. The molecule has 1 N–H and O–H groups in total. The van der Waals surface area contributed by atoms with Gasteiger partial charge in [-0.3, -0.25) is 9.59 Å². The van der Waals surface area contributed by atoms with Crippen LogP contribution in [0.3, 0.4) is 0 Å². The van der Waals surface area contributed by atoms with Gasteiger partial charge in [0.05, 0.1) is 23.6 Å². The number of rotatable bonds is 5. The van der Waals surface area contributed by atoms with E-state index in [4.69, 9.17) is 9.15 Å². The third-order valence-corrected chi connectivity index (χ3v) is 4.71. The first kappa shape index (κ1) is 17.0. The number of thiazole rings is 1. The lowest BCUT2D eigenvalue weighted by Crippen LogP contribution is -2.29. The third kappa shape index (κ3) is 3.58. The van der Waals surface area contributed by atoms with Gasteiger partial charge < -0.3 is 14.5 Å². The number of nitrogens with one attached hydrogen (secondary N) is 1. The molecule has 0 bridgehead atoms.